The molecule has 5 nitrogen and oxygen atoms in total. The summed E-state index contributed by atoms with van der Waals surface area (Å²) in [7, 11) is 0. The van der Waals surface area contributed by atoms with E-state index in [0.717, 1.165) is 18.6 Å². The predicted octanol–water partition coefficient (Wildman–Crippen LogP) is 1.74. The number of halogens is 1. The normalized spacial score (nSPS) is 14.8. The molecule has 1 aliphatic carbocycles. The lowest BCUT2D eigenvalue weighted by Crippen LogP contribution is -2.43. The van der Waals surface area contributed by atoms with Crippen LogP contribution in [0.1, 0.15) is 19.8 Å². The summed E-state index contributed by atoms with van der Waals surface area (Å²) >= 11 is 0. The number of benzene rings is 1. The third-order valence-electron chi connectivity index (χ3n) is 3.30. The molecule has 6 heteroatoms. The first-order valence-electron chi connectivity index (χ1n) is 7.08. The van der Waals surface area contributed by atoms with E-state index in [1.165, 1.54) is 0 Å². The van der Waals surface area contributed by atoms with E-state index in [0.29, 0.717) is 24.8 Å². The van der Waals surface area contributed by atoms with Crippen LogP contribution in [0.3, 0.4) is 0 Å². The average molecular weight is 315 g/mol. The number of carbonyl (C=O) groups is 1. The molecule has 0 radical (unpaired) electrons. The molecule has 1 aromatic rings. The van der Waals surface area contributed by atoms with E-state index in [-0.39, 0.29) is 31.0 Å². The van der Waals surface area contributed by atoms with Crippen molar-refractivity contribution in [3.8, 4) is 11.5 Å². The smallest absolute Gasteiger partial charge is 0.258 e. The summed E-state index contributed by atoms with van der Waals surface area (Å²) < 4.78 is 10.8. The molecule has 0 spiro atoms. The van der Waals surface area contributed by atoms with Crippen LogP contribution in [0.5, 0.6) is 11.5 Å². The summed E-state index contributed by atoms with van der Waals surface area (Å²) in [5.41, 5.74) is 5.64. The molecule has 0 aromatic heterocycles. The zero-order chi connectivity index (χ0) is 14.4. The number of hydrogen-bond acceptors (Lipinski definition) is 4. The van der Waals surface area contributed by atoms with Gasteiger partial charge in [0.1, 0.15) is 11.5 Å². The van der Waals surface area contributed by atoms with Gasteiger partial charge in [-0.25, -0.2) is 0 Å². The Balaban J connectivity index is 0.00000220. The molecule has 1 aromatic carbocycles. The number of ether oxygens (including phenoxy) is 2. The van der Waals surface area contributed by atoms with Gasteiger partial charge in [0.15, 0.2) is 6.61 Å². The third kappa shape index (κ3) is 5.81. The van der Waals surface area contributed by atoms with Crippen molar-refractivity contribution in [1.29, 1.82) is 0 Å². The van der Waals surface area contributed by atoms with Gasteiger partial charge in [0.25, 0.3) is 5.91 Å². The summed E-state index contributed by atoms with van der Waals surface area (Å²) in [6.45, 7) is 3.06. The van der Waals surface area contributed by atoms with Crippen molar-refractivity contribution in [2.45, 2.75) is 25.8 Å². The summed E-state index contributed by atoms with van der Waals surface area (Å²) in [6.07, 6.45) is 2.31. The maximum Gasteiger partial charge on any atom is 0.258 e. The molecular weight excluding hydrogens is 292 g/mol. The summed E-state index contributed by atoms with van der Waals surface area (Å²) in [4.78, 5) is 11.8. The highest BCUT2D eigenvalue weighted by Crippen LogP contribution is 2.32. The van der Waals surface area contributed by atoms with Gasteiger partial charge in [-0.3, -0.25) is 4.79 Å². The number of amides is 1. The maximum atomic E-state index is 11.8. The molecule has 0 saturated heterocycles. The molecule has 1 fully saturated rings. The first kappa shape index (κ1) is 17.6. The fraction of sp³-hybridized carbons (Fsp3) is 0.533. The lowest BCUT2D eigenvalue weighted by Gasteiger charge is -2.16. The number of carbonyl (C=O) groups excluding carboxylic acids is 1. The van der Waals surface area contributed by atoms with Gasteiger partial charge in [-0.1, -0.05) is 0 Å². The van der Waals surface area contributed by atoms with Crippen LogP contribution in [0.4, 0.5) is 0 Å². The van der Waals surface area contributed by atoms with Crippen molar-refractivity contribution >= 4 is 18.3 Å². The summed E-state index contributed by atoms with van der Waals surface area (Å²) in [5, 5.41) is 2.92. The molecular formula is C15H23ClN2O3. The van der Waals surface area contributed by atoms with E-state index in [2.05, 4.69) is 5.32 Å². The molecule has 1 saturated carbocycles. The van der Waals surface area contributed by atoms with Crippen molar-refractivity contribution in [1.82, 2.24) is 5.32 Å². The maximum absolute atomic E-state index is 11.8. The quantitative estimate of drug-likeness (QED) is 0.766. The van der Waals surface area contributed by atoms with Gasteiger partial charge in [-0.2, -0.15) is 0 Å². The fourth-order valence-electron chi connectivity index (χ4n) is 2.06. The lowest BCUT2D eigenvalue weighted by atomic mass is 10.2. The monoisotopic (exact) mass is 314 g/mol. The van der Waals surface area contributed by atoms with Crippen LogP contribution in [0.2, 0.25) is 0 Å². The number of nitrogens with two attached hydrogens (primary N) is 1. The van der Waals surface area contributed by atoms with Gasteiger partial charge in [-0.15, -0.1) is 12.4 Å². The summed E-state index contributed by atoms with van der Waals surface area (Å²) in [6, 6.07) is 7.32. The Kier molecular flexibility index (Phi) is 7.32. The van der Waals surface area contributed by atoms with E-state index < -0.39 is 0 Å². The average Bonchev–Trinajstić information content (AvgIpc) is 3.29. The van der Waals surface area contributed by atoms with E-state index >= 15 is 0 Å². The highest BCUT2D eigenvalue weighted by atomic mass is 35.5. The van der Waals surface area contributed by atoms with Crippen LogP contribution in [-0.2, 0) is 4.79 Å². The molecule has 0 aliphatic heterocycles. The van der Waals surface area contributed by atoms with Crippen LogP contribution >= 0.6 is 12.4 Å². The first-order valence-corrected chi connectivity index (χ1v) is 7.08. The second kappa shape index (κ2) is 8.74. The number of nitrogens with one attached hydrogen (secondary N) is 1. The Labute approximate surface area is 131 Å². The Morgan fingerprint density at radius 3 is 2.33 bits per heavy atom. The Bertz CT molecular complexity index is 435. The van der Waals surface area contributed by atoms with E-state index in [4.69, 9.17) is 15.2 Å². The molecule has 0 bridgehead atoms. The van der Waals surface area contributed by atoms with Crippen molar-refractivity contribution in [2.24, 2.45) is 11.7 Å². The Morgan fingerprint density at radius 2 is 1.86 bits per heavy atom. The zero-order valence-corrected chi connectivity index (χ0v) is 13.0. The molecule has 3 N–H and O–H groups in total. The van der Waals surface area contributed by atoms with E-state index in [9.17, 15) is 4.79 Å². The third-order valence-corrected chi connectivity index (χ3v) is 3.30. The Morgan fingerprint density at radius 1 is 1.29 bits per heavy atom. The standard InChI is InChI=1S/C15H22N2O3.ClH/c1-2-19-12-5-7-13(8-6-12)20-10-15(18)17-14(9-16)11-3-4-11;/h5-8,11,14H,2-4,9-10,16H2,1H3,(H,17,18);1H. The van der Waals surface area contributed by atoms with Gasteiger partial charge in [0.05, 0.1) is 6.61 Å². The molecule has 1 atom stereocenters. The molecule has 1 unspecified atom stereocenters. The first-order chi connectivity index (χ1) is 9.72. The van der Waals surface area contributed by atoms with Crippen LogP contribution in [0.25, 0.3) is 0 Å². The van der Waals surface area contributed by atoms with Crippen LogP contribution in [0, 0.1) is 5.92 Å². The van der Waals surface area contributed by atoms with Gasteiger partial charge < -0.3 is 20.5 Å². The number of rotatable bonds is 8. The zero-order valence-electron chi connectivity index (χ0n) is 12.2. The second-order valence-electron chi connectivity index (χ2n) is 4.94. The predicted molar refractivity (Wildman–Crippen MR) is 84.1 cm³/mol. The highest BCUT2D eigenvalue weighted by molar-refractivity contribution is 5.85. The van der Waals surface area contributed by atoms with Crippen molar-refractivity contribution in [3.63, 3.8) is 0 Å². The molecule has 1 amide bonds. The van der Waals surface area contributed by atoms with Crippen LogP contribution in [-0.4, -0.2) is 31.7 Å². The topological polar surface area (TPSA) is 73.6 Å². The van der Waals surface area contributed by atoms with E-state index in [1.54, 1.807) is 12.1 Å². The van der Waals surface area contributed by atoms with Crippen molar-refractivity contribution in [3.05, 3.63) is 24.3 Å². The molecule has 21 heavy (non-hydrogen) atoms. The molecule has 0 heterocycles. The minimum absolute atomic E-state index is 0. The minimum Gasteiger partial charge on any atom is -0.494 e. The molecule has 2 rings (SSSR count). The van der Waals surface area contributed by atoms with Gasteiger partial charge in [-0.05, 0) is 49.9 Å². The van der Waals surface area contributed by atoms with Gasteiger partial charge >= 0.3 is 0 Å². The van der Waals surface area contributed by atoms with Crippen LogP contribution < -0.4 is 20.5 Å². The lowest BCUT2D eigenvalue weighted by molar-refractivity contribution is -0.123. The molecule has 118 valence electrons. The van der Waals surface area contributed by atoms with Crippen molar-refractivity contribution < 1.29 is 14.3 Å². The van der Waals surface area contributed by atoms with Crippen LogP contribution in [0.15, 0.2) is 24.3 Å². The van der Waals surface area contributed by atoms with Crippen molar-refractivity contribution in [2.75, 3.05) is 19.8 Å². The second-order valence-corrected chi connectivity index (χ2v) is 4.94. The summed E-state index contributed by atoms with van der Waals surface area (Å²) in [5.74, 6) is 1.87. The molecule has 1 aliphatic rings. The largest absolute Gasteiger partial charge is 0.494 e. The van der Waals surface area contributed by atoms with Gasteiger partial charge in [0.2, 0.25) is 0 Å². The van der Waals surface area contributed by atoms with E-state index in [1.807, 2.05) is 19.1 Å². The van der Waals surface area contributed by atoms with Gasteiger partial charge in [0, 0.05) is 12.6 Å². The SMILES string of the molecule is CCOc1ccc(OCC(=O)NC(CN)C2CC2)cc1.Cl. The number of hydrogen-bond donors (Lipinski definition) is 2. The Hall–Kier alpha value is -1.46. The highest BCUT2D eigenvalue weighted by Gasteiger charge is 2.31. The minimum atomic E-state index is -0.124. The fourth-order valence-corrected chi connectivity index (χ4v) is 2.06.